The van der Waals surface area contributed by atoms with Crippen LogP contribution in [0.25, 0.3) is 0 Å². The second-order valence-electron chi connectivity index (χ2n) is 4.53. The van der Waals surface area contributed by atoms with Gasteiger partial charge in [0.15, 0.2) is 6.73 Å². The molecule has 2 N–H and O–H groups in total. The highest BCUT2D eigenvalue weighted by atomic mass is 35.5. The summed E-state index contributed by atoms with van der Waals surface area (Å²) in [4.78, 5) is 11.7. The summed E-state index contributed by atoms with van der Waals surface area (Å²) in [7, 11) is 1.59. The molecule has 0 heterocycles. The van der Waals surface area contributed by atoms with E-state index in [2.05, 4.69) is 10.6 Å². The molecule has 0 aliphatic heterocycles. The van der Waals surface area contributed by atoms with Crippen LogP contribution in [0.5, 0.6) is 11.5 Å². The molecule has 2 aromatic rings. The maximum Gasteiger partial charge on any atom is 0.317 e. The summed E-state index contributed by atoms with van der Waals surface area (Å²) in [5.74, 6) is 1.16. The number of carbonyl (C=O) groups excluding carboxylic acids is 1. The Morgan fingerprint density at radius 1 is 1.09 bits per heavy atom. The van der Waals surface area contributed by atoms with Gasteiger partial charge in [-0.2, -0.15) is 0 Å². The van der Waals surface area contributed by atoms with Crippen molar-refractivity contribution in [3.8, 4) is 11.5 Å². The summed E-state index contributed by atoms with van der Waals surface area (Å²) < 4.78 is 10.6. The van der Waals surface area contributed by atoms with E-state index in [1.54, 1.807) is 25.3 Å². The van der Waals surface area contributed by atoms with Gasteiger partial charge in [-0.1, -0.05) is 41.4 Å². The largest absolute Gasteiger partial charge is 0.496 e. The molecule has 0 spiro atoms. The molecule has 0 aromatic heterocycles. The van der Waals surface area contributed by atoms with Gasteiger partial charge in [-0.25, -0.2) is 4.79 Å². The Kier molecular flexibility index (Phi) is 6.38. The Morgan fingerprint density at radius 3 is 2.61 bits per heavy atom. The van der Waals surface area contributed by atoms with Gasteiger partial charge < -0.3 is 20.1 Å². The van der Waals surface area contributed by atoms with Gasteiger partial charge in [0, 0.05) is 17.1 Å². The van der Waals surface area contributed by atoms with Crippen molar-refractivity contribution >= 4 is 29.2 Å². The molecule has 2 amide bonds. The van der Waals surface area contributed by atoms with E-state index >= 15 is 0 Å². The summed E-state index contributed by atoms with van der Waals surface area (Å²) in [6, 6.07) is 12.0. The van der Waals surface area contributed by atoms with Crippen molar-refractivity contribution in [1.29, 1.82) is 0 Å². The van der Waals surface area contributed by atoms with Crippen LogP contribution < -0.4 is 20.1 Å². The first-order valence-corrected chi connectivity index (χ1v) is 7.57. The van der Waals surface area contributed by atoms with Crippen molar-refractivity contribution in [2.75, 3.05) is 13.8 Å². The Morgan fingerprint density at radius 2 is 1.87 bits per heavy atom. The Labute approximate surface area is 144 Å². The van der Waals surface area contributed by atoms with Crippen LogP contribution in [0, 0.1) is 0 Å². The topological polar surface area (TPSA) is 59.6 Å². The number of amides is 2. The molecule has 2 aromatic carbocycles. The third-order valence-electron chi connectivity index (χ3n) is 2.99. The maximum absolute atomic E-state index is 11.7. The fourth-order valence-electron chi connectivity index (χ4n) is 1.86. The first-order chi connectivity index (χ1) is 11.1. The molecule has 0 saturated carbocycles. The standard InChI is InChI=1S/C16H16Cl2N2O3/c1-22-14-5-3-2-4-11(14)9-19-16(21)20-10-23-15-7-6-12(17)8-13(15)18/h2-8H,9-10H2,1H3,(H2,19,20,21). The number of halogens is 2. The van der Waals surface area contributed by atoms with E-state index < -0.39 is 0 Å². The minimum atomic E-state index is -0.360. The Bertz CT molecular complexity index is 680. The average molecular weight is 355 g/mol. The van der Waals surface area contributed by atoms with Crippen molar-refractivity contribution in [3.63, 3.8) is 0 Å². The Hall–Kier alpha value is -2.11. The molecule has 0 saturated heterocycles. The second-order valence-corrected chi connectivity index (χ2v) is 5.38. The van der Waals surface area contributed by atoms with Gasteiger partial charge in [0.05, 0.1) is 12.1 Å². The highest BCUT2D eigenvalue weighted by molar-refractivity contribution is 6.35. The summed E-state index contributed by atoms with van der Waals surface area (Å²) >= 11 is 11.8. The smallest absolute Gasteiger partial charge is 0.317 e. The van der Waals surface area contributed by atoms with E-state index in [4.69, 9.17) is 32.7 Å². The van der Waals surface area contributed by atoms with Crippen LogP contribution in [-0.2, 0) is 6.54 Å². The molecule has 122 valence electrons. The molecule has 0 fully saturated rings. The van der Waals surface area contributed by atoms with Crippen LogP contribution in [0.4, 0.5) is 4.79 Å². The monoisotopic (exact) mass is 354 g/mol. The molecule has 0 bridgehead atoms. The molecular formula is C16H16Cl2N2O3. The van der Waals surface area contributed by atoms with Crippen LogP contribution in [0.1, 0.15) is 5.56 Å². The van der Waals surface area contributed by atoms with Gasteiger partial charge in [0.1, 0.15) is 11.5 Å². The quantitative estimate of drug-likeness (QED) is 0.774. The number of ether oxygens (including phenoxy) is 2. The SMILES string of the molecule is COc1ccccc1CNC(=O)NCOc1ccc(Cl)cc1Cl. The molecule has 0 aliphatic carbocycles. The molecule has 0 aliphatic rings. The predicted octanol–water partition coefficient (Wildman–Crippen LogP) is 3.84. The summed E-state index contributed by atoms with van der Waals surface area (Å²) in [6.45, 7) is 0.330. The first kappa shape index (κ1) is 17.2. The van der Waals surface area contributed by atoms with Crippen LogP contribution in [0.2, 0.25) is 10.0 Å². The number of hydrogen-bond acceptors (Lipinski definition) is 3. The predicted molar refractivity (Wildman–Crippen MR) is 90.3 cm³/mol. The van der Waals surface area contributed by atoms with Crippen molar-refractivity contribution in [3.05, 3.63) is 58.1 Å². The van der Waals surface area contributed by atoms with Crippen LogP contribution in [0.3, 0.4) is 0 Å². The molecule has 2 rings (SSSR count). The lowest BCUT2D eigenvalue weighted by Crippen LogP contribution is -2.37. The van der Waals surface area contributed by atoms with E-state index in [9.17, 15) is 4.79 Å². The third-order valence-corrected chi connectivity index (χ3v) is 3.52. The van der Waals surface area contributed by atoms with E-state index in [1.807, 2.05) is 24.3 Å². The fraction of sp³-hybridized carbons (Fsp3) is 0.188. The molecule has 0 radical (unpaired) electrons. The maximum atomic E-state index is 11.7. The number of hydrogen-bond donors (Lipinski definition) is 2. The number of urea groups is 1. The zero-order chi connectivity index (χ0) is 16.7. The van der Waals surface area contributed by atoms with Crippen molar-refractivity contribution < 1.29 is 14.3 Å². The third kappa shape index (κ3) is 5.23. The molecule has 0 atom stereocenters. The fourth-order valence-corrected chi connectivity index (χ4v) is 2.32. The van der Waals surface area contributed by atoms with E-state index in [-0.39, 0.29) is 12.8 Å². The van der Waals surface area contributed by atoms with Crippen LogP contribution in [0.15, 0.2) is 42.5 Å². The average Bonchev–Trinajstić information content (AvgIpc) is 2.55. The summed E-state index contributed by atoms with van der Waals surface area (Å²) in [6.07, 6.45) is 0. The first-order valence-electron chi connectivity index (χ1n) is 6.81. The van der Waals surface area contributed by atoms with Gasteiger partial charge in [-0.15, -0.1) is 0 Å². The molecule has 5 nitrogen and oxygen atoms in total. The van der Waals surface area contributed by atoms with Crippen molar-refractivity contribution in [1.82, 2.24) is 10.6 Å². The van der Waals surface area contributed by atoms with E-state index in [0.29, 0.717) is 22.3 Å². The van der Waals surface area contributed by atoms with E-state index in [0.717, 1.165) is 11.3 Å². The molecule has 23 heavy (non-hydrogen) atoms. The number of methoxy groups -OCH3 is 1. The number of carbonyl (C=O) groups is 1. The second kappa shape index (κ2) is 8.50. The zero-order valence-corrected chi connectivity index (χ0v) is 13.9. The number of rotatable bonds is 6. The minimum Gasteiger partial charge on any atom is -0.496 e. The van der Waals surface area contributed by atoms with E-state index in [1.165, 1.54) is 0 Å². The van der Waals surface area contributed by atoms with Gasteiger partial charge in [0.2, 0.25) is 0 Å². The van der Waals surface area contributed by atoms with Gasteiger partial charge in [-0.3, -0.25) is 0 Å². The highest BCUT2D eigenvalue weighted by Gasteiger charge is 2.06. The molecule has 7 heteroatoms. The van der Waals surface area contributed by atoms with Crippen molar-refractivity contribution in [2.24, 2.45) is 0 Å². The number of nitrogens with one attached hydrogen (secondary N) is 2. The summed E-state index contributed by atoms with van der Waals surface area (Å²) in [5, 5.41) is 6.20. The Balaban J connectivity index is 1.77. The van der Waals surface area contributed by atoms with Crippen LogP contribution >= 0.6 is 23.2 Å². The molecular weight excluding hydrogens is 339 g/mol. The lowest BCUT2D eigenvalue weighted by molar-refractivity contribution is 0.223. The number of benzene rings is 2. The molecule has 0 unspecified atom stereocenters. The highest BCUT2D eigenvalue weighted by Crippen LogP contribution is 2.27. The van der Waals surface area contributed by atoms with Gasteiger partial charge >= 0.3 is 6.03 Å². The lowest BCUT2D eigenvalue weighted by Gasteiger charge is -2.12. The zero-order valence-electron chi connectivity index (χ0n) is 12.4. The van der Waals surface area contributed by atoms with Gasteiger partial charge in [-0.05, 0) is 24.3 Å². The number of para-hydroxylation sites is 1. The van der Waals surface area contributed by atoms with Crippen molar-refractivity contribution in [2.45, 2.75) is 6.54 Å². The van der Waals surface area contributed by atoms with Crippen LogP contribution in [-0.4, -0.2) is 19.9 Å². The normalized spacial score (nSPS) is 10.0. The summed E-state index contributed by atoms with van der Waals surface area (Å²) in [5.41, 5.74) is 0.881. The van der Waals surface area contributed by atoms with Gasteiger partial charge in [0.25, 0.3) is 0 Å². The minimum absolute atomic E-state index is 0.0148. The lowest BCUT2D eigenvalue weighted by atomic mass is 10.2.